The zero-order chi connectivity index (χ0) is 24.7. The van der Waals surface area contributed by atoms with Gasteiger partial charge in [0.25, 0.3) is 17.5 Å². The third-order valence-corrected chi connectivity index (χ3v) is 5.65. The predicted octanol–water partition coefficient (Wildman–Crippen LogP) is 1.81. The summed E-state index contributed by atoms with van der Waals surface area (Å²) in [6.07, 6.45) is 0. The zero-order valence-electron chi connectivity index (χ0n) is 19.4. The first-order valence-corrected chi connectivity index (χ1v) is 10.7. The Morgan fingerprint density at radius 3 is 2.15 bits per heavy atom. The zero-order valence-corrected chi connectivity index (χ0v) is 19.4. The summed E-state index contributed by atoms with van der Waals surface area (Å²) >= 11 is 0. The lowest BCUT2D eigenvalue weighted by Crippen LogP contribution is -2.50. The molecule has 34 heavy (non-hydrogen) atoms. The van der Waals surface area contributed by atoms with Crippen LogP contribution < -0.4 is 19.5 Å². The average Bonchev–Trinajstić information content (AvgIpc) is 2.87. The van der Waals surface area contributed by atoms with Crippen molar-refractivity contribution in [3.8, 4) is 17.2 Å². The highest BCUT2D eigenvalue weighted by Gasteiger charge is 2.29. The molecule has 0 atom stereocenters. The molecule has 0 bridgehead atoms. The fourth-order valence-corrected chi connectivity index (χ4v) is 3.71. The molecular weight excluding hydrogens is 444 g/mol. The van der Waals surface area contributed by atoms with Crippen LogP contribution in [0.25, 0.3) is 0 Å². The number of carbonyl (C=O) groups excluding carboxylic acids is 2. The maximum Gasteiger partial charge on any atom is 0.286 e. The molecule has 3 rings (SSSR count). The molecular formula is C23H28N4O7. The number of rotatable bonds is 9. The smallest absolute Gasteiger partial charge is 0.286 e. The molecule has 1 aliphatic rings. The Bertz CT molecular complexity index is 1030. The fourth-order valence-electron chi connectivity index (χ4n) is 3.71. The first-order chi connectivity index (χ1) is 16.4. The van der Waals surface area contributed by atoms with Gasteiger partial charge in [0.1, 0.15) is 11.3 Å². The maximum absolute atomic E-state index is 13.0. The number of nitro benzene ring substituents is 1. The van der Waals surface area contributed by atoms with Gasteiger partial charge in [-0.05, 0) is 24.3 Å². The van der Waals surface area contributed by atoms with Crippen molar-refractivity contribution in [2.24, 2.45) is 0 Å². The van der Waals surface area contributed by atoms with Crippen molar-refractivity contribution < 1.29 is 28.7 Å². The molecule has 1 aliphatic heterocycles. The number of carbonyl (C=O) groups is 2. The Labute approximate surface area is 197 Å². The number of nitro groups is 1. The normalized spacial score (nSPS) is 13.8. The second kappa shape index (κ2) is 11.3. The SMILES string of the molecule is COc1ccc(C(=O)NCCN2CCN(C(=O)c3cc(OC)c(OC)cc3[N+](=O)[O-])CC2)cc1. The molecule has 1 fully saturated rings. The van der Waals surface area contributed by atoms with Crippen LogP contribution in [0, 0.1) is 10.1 Å². The van der Waals surface area contributed by atoms with E-state index in [-0.39, 0.29) is 28.7 Å². The van der Waals surface area contributed by atoms with Gasteiger partial charge in [0.15, 0.2) is 11.5 Å². The minimum Gasteiger partial charge on any atom is -0.497 e. The lowest BCUT2D eigenvalue weighted by atomic mass is 10.1. The van der Waals surface area contributed by atoms with Gasteiger partial charge in [-0.15, -0.1) is 0 Å². The number of piperazine rings is 1. The summed E-state index contributed by atoms with van der Waals surface area (Å²) in [4.78, 5) is 40.0. The molecule has 2 amide bonds. The molecule has 1 saturated heterocycles. The molecule has 2 aromatic carbocycles. The van der Waals surface area contributed by atoms with Gasteiger partial charge in [-0.1, -0.05) is 0 Å². The quantitative estimate of drug-likeness (QED) is 0.433. The number of hydrogen-bond donors (Lipinski definition) is 1. The van der Waals surface area contributed by atoms with Crippen LogP contribution in [0.2, 0.25) is 0 Å². The van der Waals surface area contributed by atoms with Gasteiger partial charge < -0.3 is 24.4 Å². The van der Waals surface area contributed by atoms with Crippen LogP contribution in [0.15, 0.2) is 36.4 Å². The van der Waals surface area contributed by atoms with Crippen molar-refractivity contribution in [2.75, 3.05) is 60.6 Å². The second-order valence-corrected chi connectivity index (χ2v) is 7.60. The topological polar surface area (TPSA) is 123 Å². The molecule has 1 N–H and O–H groups in total. The Kier molecular flexibility index (Phi) is 8.25. The van der Waals surface area contributed by atoms with Crippen LogP contribution in [-0.2, 0) is 0 Å². The van der Waals surface area contributed by atoms with Gasteiger partial charge in [-0.25, -0.2) is 0 Å². The molecule has 11 nitrogen and oxygen atoms in total. The number of hydrogen-bond acceptors (Lipinski definition) is 8. The van der Waals surface area contributed by atoms with E-state index in [9.17, 15) is 19.7 Å². The van der Waals surface area contributed by atoms with E-state index in [1.54, 1.807) is 36.3 Å². The number of methoxy groups -OCH3 is 3. The highest BCUT2D eigenvalue weighted by atomic mass is 16.6. The summed E-state index contributed by atoms with van der Waals surface area (Å²) in [5.74, 6) is 0.523. The number of benzene rings is 2. The van der Waals surface area contributed by atoms with Crippen molar-refractivity contribution in [1.82, 2.24) is 15.1 Å². The molecule has 182 valence electrons. The van der Waals surface area contributed by atoms with E-state index >= 15 is 0 Å². The minimum atomic E-state index is -0.600. The molecule has 11 heteroatoms. The summed E-state index contributed by atoms with van der Waals surface area (Å²) < 4.78 is 15.4. The number of nitrogens with zero attached hydrogens (tertiary/aromatic N) is 3. The average molecular weight is 472 g/mol. The van der Waals surface area contributed by atoms with Crippen LogP contribution in [0.3, 0.4) is 0 Å². The summed E-state index contributed by atoms with van der Waals surface area (Å²) in [6, 6.07) is 9.41. The monoisotopic (exact) mass is 472 g/mol. The van der Waals surface area contributed by atoms with Gasteiger partial charge >= 0.3 is 0 Å². The van der Waals surface area contributed by atoms with Gasteiger partial charge in [-0.3, -0.25) is 24.6 Å². The second-order valence-electron chi connectivity index (χ2n) is 7.60. The highest BCUT2D eigenvalue weighted by molar-refractivity contribution is 5.99. The Morgan fingerprint density at radius 2 is 1.59 bits per heavy atom. The van der Waals surface area contributed by atoms with Gasteiger partial charge in [-0.2, -0.15) is 0 Å². The largest absolute Gasteiger partial charge is 0.497 e. The minimum absolute atomic E-state index is 0.0390. The Morgan fingerprint density at radius 1 is 0.971 bits per heavy atom. The number of amides is 2. The molecule has 0 aliphatic carbocycles. The summed E-state index contributed by atoms with van der Waals surface area (Å²) in [6.45, 7) is 3.09. The van der Waals surface area contributed by atoms with E-state index in [0.29, 0.717) is 50.6 Å². The van der Waals surface area contributed by atoms with E-state index in [1.807, 2.05) is 0 Å². The molecule has 0 spiro atoms. The molecule has 0 aromatic heterocycles. The summed E-state index contributed by atoms with van der Waals surface area (Å²) in [5.41, 5.74) is 0.182. The van der Waals surface area contributed by atoms with Crippen molar-refractivity contribution in [3.63, 3.8) is 0 Å². The van der Waals surface area contributed by atoms with Crippen molar-refractivity contribution in [3.05, 3.63) is 57.6 Å². The lowest BCUT2D eigenvalue weighted by molar-refractivity contribution is -0.385. The van der Waals surface area contributed by atoms with Crippen LogP contribution in [0.5, 0.6) is 17.2 Å². The lowest BCUT2D eigenvalue weighted by Gasteiger charge is -2.34. The Balaban J connectivity index is 1.54. The third kappa shape index (κ3) is 5.73. The van der Waals surface area contributed by atoms with Crippen LogP contribution in [0.1, 0.15) is 20.7 Å². The van der Waals surface area contributed by atoms with Crippen LogP contribution in [0.4, 0.5) is 5.69 Å². The van der Waals surface area contributed by atoms with Crippen molar-refractivity contribution in [2.45, 2.75) is 0 Å². The molecule has 1 heterocycles. The number of nitrogens with one attached hydrogen (secondary N) is 1. The molecule has 2 aromatic rings. The first-order valence-electron chi connectivity index (χ1n) is 10.7. The van der Waals surface area contributed by atoms with Crippen molar-refractivity contribution >= 4 is 17.5 Å². The van der Waals surface area contributed by atoms with Gasteiger partial charge in [0.05, 0.1) is 32.3 Å². The van der Waals surface area contributed by atoms with E-state index in [0.717, 1.165) is 0 Å². The number of ether oxygens (including phenoxy) is 3. The summed E-state index contributed by atoms with van der Waals surface area (Å²) in [7, 11) is 4.35. The summed E-state index contributed by atoms with van der Waals surface area (Å²) in [5, 5.41) is 14.4. The van der Waals surface area contributed by atoms with Crippen molar-refractivity contribution in [1.29, 1.82) is 0 Å². The standard InChI is InChI=1S/C23H28N4O7/c1-32-17-6-4-16(5-7-17)22(28)24-8-9-25-10-12-26(13-11-25)23(29)18-14-20(33-2)21(34-3)15-19(18)27(30)31/h4-7,14-15H,8-13H2,1-3H3,(H,24,28). The van der Waals surface area contributed by atoms with E-state index in [2.05, 4.69) is 10.2 Å². The predicted molar refractivity (Wildman–Crippen MR) is 124 cm³/mol. The Hall–Kier alpha value is -3.86. The van der Waals surface area contributed by atoms with Crippen LogP contribution >= 0.6 is 0 Å². The van der Waals surface area contributed by atoms with E-state index in [1.165, 1.54) is 26.4 Å². The molecule has 0 unspecified atom stereocenters. The van der Waals surface area contributed by atoms with Gasteiger partial charge in [0, 0.05) is 50.9 Å². The molecule has 0 saturated carbocycles. The third-order valence-electron chi connectivity index (χ3n) is 5.65. The fraction of sp³-hybridized carbons (Fsp3) is 0.391. The maximum atomic E-state index is 13.0. The first kappa shape index (κ1) is 24.8. The van der Waals surface area contributed by atoms with Gasteiger partial charge in [0.2, 0.25) is 0 Å². The van der Waals surface area contributed by atoms with Crippen LogP contribution in [-0.4, -0.2) is 87.1 Å². The molecule has 0 radical (unpaired) electrons. The van der Waals surface area contributed by atoms with E-state index in [4.69, 9.17) is 14.2 Å². The van der Waals surface area contributed by atoms with E-state index < -0.39 is 10.8 Å². The highest BCUT2D eigenvalue weighted by Crippen LogP contribution is 2.35.